The van der Waals surface area contributed by atoms with E-state index in [4.69, 9.17) is 9.72 Å². The van der Waals surface area contributed by atoms with Gasteiger partial charge in [0.05, 0.1) is 28.9 Å². The molecule has 1 aliphatic heterocycles. The molecule has 0 aliphatic carbocycles. The number of carbonyl (C=O) groups is 1. The van der Waals surface area contributed by atoms with E-state index < -0.39 is 10.0 Å². The van der Waals surface area contributed by atoms with Crippen molar-refractivity contribution in [3.63, 3.8) is 0 Å². The zero-order valence-corrected chi connectivity index (χ0v) is 25.0. The van der Waals surface area contributed by atoms with Crippen molar-refractivity contribution in [3.8, 4) is 17.0 Å². The first-order valence-electron chi connectivity index (χ1n) is 14.0. The maximum Gasteiger partial charge on any atom is 0.268 e. The van der Waals surface area contributed by atoms with E-state index in [1.165, 1.54) is 3.97 Å². The molecular weight excluding hydrogens is 564 g/mol. The summed E-state index contributed by atoms with van der Waals surface area (Å²) in [6.07, 6.45) is 3.35. The molecule has 3 aromatic carbocycles. The smallest absolute Gasteiger partial charge is 0.268 e. The Balaban J connectivity index is 1.33. The van der Waals surface area contributed by atoms with Gasteiger partial charge in [-0.25, -0.2) is 22.4 Å². The third-order valence-corrected chi connectivity index (χ3v) is 9.41. The molecule has 0 unspecified atom stereocenters. The second kappa shape index (κ2) is 11.4. The van der Waals surface area contributed by atoms with Gasteiger partial charge < -0.3 is 19.9 Å². The average molecular weight is 597 g/mol. The lowest BCUT2D eigenvalue weighted by Crippen LogP contribution is -2.48. The Morgan fingerprint density at radius 2 is 1.67 bits per heavy atom. The average Bonchev–Trinajstić information content (AvgIpc) is 3.43. The summed E-state index contributed by atoms with van der Waals surface area (Å²) >= 11 is 0. The van der Waals surface area contributed by atoms with Crippen molar-refractivity contribution in [1.29, 1.82) is 0 Å². The molecule has 0 radical (unpaired) electrons. The lowest BCUT2D eigenvalue weighted by Gasteiger charge is -2.35. The predicted molar refractivity (Wildman–Crippen MR) is 167 cm³/mol. The number of aromatic nitrogens is 3. The zero-order chi connectivity index (χ0) is 30.1. The molecule has 2 aromatic heterocycles. The van der Waals surface area contributed by atoms with Gasteiger partial charge in [-0.15, -0.1) is 0 Å². The van der Waals surface area contributed by atoms with Gasteiger partial charge in [0.2, 0.25) is 11.9 Å². The lowest BCUT2D eigenvalue weighted by atomic mass is 10.1. The molecule has 1 N–H and O–H groups in total. The molecule has 3 heterocycles. The summed E-state index contributed by atoms with van der Waals surface area (Å²) < 4.78 is 34.3. The lowest BCUT2D eigenvalue weighted by molar-refractivity contribution is -0.129. The highest BCUT2D eigenvalue weighted by Crippen LogP contribution is 2.36. The maximum atomic E-state index is 13.6. The number of aryl methyl sites for hydroxylation is 1. The normalized spacial score (nSPS) is 13.7. The van der Waals surface area contributed by atoms with Gasteiger partial charge in [0.15, 0.2) is 0 Å². The van der Waals surface area contributed by atoms with Crippen LogP contribution in [0, 0.1) is 6.92 Å². The number of piperazine rings is 1. The van der Waals surface area contributed by atoms with E-state index in [-0.39, 0.29) is 10.8 Å². The minimum atomic E-state index is -3.84. The van der Waals surface area contributed by atoms with Crippen molar-refractivity contribution in [1.82, 2.24) is 18.8 Å². The maximum absolute atomic E-state index is 13.6. The molecule has 11 heteroatoms. The summed E-state index contributed by atoms with van der Waals surface area (Å²) in [4.78, 5) is 25.3. The van der Waals surface area contributed by atoms with Crippen LogP contribution in [0.2, 0.25) is 0 Å². The third-order valence-electron chi connectivity index (χ3n) is 7.73. The van der Waals surface area contributed by atoms with Crippen LogP contribution in [0.25, 0.3) is 22.2 Å². The Morgan fingerprint density at radius 1 is 0.953 bits per heavy atom. The van der Waals surface area contributed by atoms with Crippen LogP contribution in [0.5, 0.6) is 5.75 Å². The molecule has 5 aromatic rings. The zero-order valence-electron chi connectivity index (χ0n) is 24.2. The van der Waals surface area contributed by atoms with Gasteiger partial charge in [-0.05, 0) is 42.8 Å². The molecule has 1 saturated heterocycles. The second-order valence-electron chi connectivity index (χ2n) is 10.4. The van der Waals surface area contributed by atoms with Crippen LogP contribution in [0.4, 0.5) is 17.3 Å². The summed E-state index contributed by atoms with van der Waals surface area (Å²) in [7, 11) is -2.22. The second-order valence-corrected chi connectivity index (χ2v) is 12.2. The first kappa shape index (κ1) is 28.2. The van der Waals surface area contributed by atoms with Crippen molar-refractivity contribution in [2.45, 2.75) is 18.7 Å². The number of carbonyl (C=O) groups excluding carboxylic acids is 1. The standard InChI is InChI=1S/C32H32N6O4S/c1-22-20-33-32(34-28-14-13-24(19-30(28)42-3)37-17-15-36(16-18-37)23(2)39)35-31(22)27-21-38(29-12-8-7-11-26(27)29)43(40,41)25-9-5-4-6-10-25/h4-14,19-21H,15-18H2,1-3H3,(H,33,34,35). The molecule has 6 rings (SSSR count). The molecule has 1 aliphatic rings. The van der Waals surface area contributed by atoms with E-state index in [2.05, 4.69) is 15.2 Å². The van der Waals surface area contributed by atoms with Crippen molar-refractivity contribution < 1.29 is 17.9 Å². The first-order valence-corrected chi connectivity index (χ1v) is 15.4. The monoisotopic (exact) mass is 596 g/mol. The van der Waals surface area contributed by atoms with Gasteiger partial charge in [0.25, 0.3) is 10.0 Å². The molecule has 220 valence electrons. The number of anilines is 3. The summed E-state index contributed by atoms with van der Waals surface area (Å²) in [6, 6.07) is 21.7. The van der Waals surface area contributed by atoms with Gasteiger partial charge >= 0.3 is 0 Å². The fourth-order valence-electron chi connectivity index (χ4n) is 5.40. The van der Waals surface area contributed by atoms with Crippen molar-refractivity contribution in [2.24, 2.45) is 0 Å². The summed E-state index contributed by atoms with van der Waals surface area (Å²) in [6.45, 7) is 6.35. The number of methoxy groups -OCH3 is 1. The fourth-order valence-corrected chi connectivity index (χ4v) is 6.79. The molecular formula is C32H32N6O4S. The molecule has 43 heavy (non-hydrogen) atoms. The molecule has 0 spiro atoms. The van der Waals surface area contributed by atoms with Gasteiger partial charge in [-0.2, -0.15) is 0 Å². The van der Waals surface area contributed by atoms with Crippen LogP contribution < -0.4 is 15.0 Å². The van der Waals surface area contributed by atoms with Crippen LogP contribution in [-0.4, -0.2) is 66.5 Å². The SMILES string of the molecule is COc1cc(N2CCN(C(C)=O)CC2)ccc1Nc1ncc(C)c(-c2cn(S(=O)(=O)c3ccccc3)c3ccccc23)n1. The number of ether oxygens (including phenoxy) is 1. The van der Waals surface area contributed by atoms with Gasteiger partial charge in [0.1, 0.15) is 5.75 Å². The fraction of sp³-hybridized carbons (Fsp3) is 0.219. The van der Waals surface area contributed by atoms with Crippen molar-refractivity contribution in [2.75, 3.05) is 43.5 Å². The number of rotatable bonds is 7. The number of amides is 1. The largest absolute Gasteiger partial charge is 0.494 e. The van der Waals surface area contributed by atoms with Gasteiger partial charge in [0, 0.05) is 68.2 Å². The number of fused-ring (bicyclic) bond motifs is 1. The Morgan fingerprint density at radius 3 is 2.40 bits per heavy atom. The number of benzene rings is 3. The van der Waals surface area contributed by atoms with Crippen LogP contribution in [-0.2, 0) is 14.8 Å². The minimum Gasteiger partial charge on any atom is -0.494 e. The third kappa shape index (κ3) is 5.39. The number of hydrogen-bond donors (Lipinski definition) is 1. The highest BCUT2D eigenvalue weighted by Gasteiger charge is 2.24. The first-order chi connectivity index (χ1) is 20.8. The quantitative estimate of drug-likeness (QED) is 0.278. The highest BCUT2D eigenvalue weighted by atomic mass is 32.2. The van der Waals surface area contributed by atoms with E-state index in [9.17, 15) is 13.2 Å². The van der Waals surface area contributed by atoms with E-state index >= 15 is 0 Å². The van der Waals surface area contributed by atoms with Crippen molar-refractivity contribution >= 4 is 44.2 Å². The Bertz CT molecular complexity index is 1920. The predicted octanol–water partition coefficient (Wildman–Crippen LogP) is 5.06. The minimum absolute atomic E-state index is 0.0941. The number of hydrogen-bond acceptors (Lipinski definition) is 8. The van der Waals surface area contributed by atoms with Crippen LogP contribution >= 0.6 is 0 Å². The summed E-state index contributed by atoms with van der Waals surface area (Å²) in [5.74, 6) is 1.07. The molecule has 0 atom stereocenters. The Labute approximate surface area is 250 Å². The number of nitrogens with zero attached hydrogens (tertiary/aromatic N) is 5. The summed E-state index contributed by atoms with van der Waals surface area (Å²) in [5.41, 5.74) is 4.37. The Kier molecular flexibility index (Phi) is 7.49. The van der Waals surface area contributed by atoms with Crippen molar-refractivity contribution in [3.05, 3.63) is 90.8 Å². The van der Waals surface area contributed by atoms with Crippen LogP contribution in [0.1, 0.15) is 12.5 Å². The summed E-state index contributed by atoms with van der Waals surface area (Å²) in [5, 5.41) is 4.05. The number of para-hydroxylation sites is 1. The molecule has 0 saturated carbocycles. The molecule has 0 bridgehead atoms. The Hall–Kier alpha value is -4.90. The topological polar surface area (TPSA) is 110 Å². The van der Waals surface area contributed by atoms with Gasteiger partial charge in [-0.1, -0.05) is 36.4 Å². The van der Waals surface area contributed by atoms with Crippen LogP contribution in [0.3, 0.4) is 0 Å². The van der Waals surface area contributed by atoms with E-state index in [1.54, 1.807) is 62.8 Å². The van der Waals surface area contributed by atoms with E-state index in [1.807, 2.05) is 48.2 Å². The highest BCUT2D eigenvalue weighted by molar-refractivity contribution is 7.90. The van der Waals surface area contributed by atoms with Crippen LogP contribution in [0.15, 0.2) is 90.1 Å². The molecule has 1 amide bonds. The molecule has 1 fully saturated rings. The van der Waals surface area contributed by atoms with Gasteiger partial charge in [-0.3, -0.25) is 4.79 Å². The number of nitrogens with one attached hydrogen (secondary N) is 1. The van der Waals surface area contributed by atoms with E-state index in [0.717, 1.165) is 29.7 Å². The molecule has 10 nitrogen and oxygen atoms in total. The van der Waals surface area contributed by atoms with E-state index in [0.29, 0.717) is 47.2 Å².